The molecule has 0 rings (SSSR count). The number of rotatable bonds is 25. The molecule has 250 valence electrons. The van der Waals surface area contributed by atoms with Crippen molar-refractivity contribution in [3.8, 4) is 0 Å². The van der Waals surface area contributed by atoms with Gasteiger partial charge in [0.15, 0.2) is 5.92 Å². The Morgan fingerprint density at radius 3 is 1.37 bits per heavy atom. The van der Waals surface area contributed by atoms with E-state index in [-0.39, 0.29) is 39.1 Å². The number of aliphatic carboxylic acids is 3. The molecule has 0 fully saturated rings. The molecule has 0 saturated heterocycles. The SMILES string of the molecule is CCN(CCN(CCN(CC(C(=O)O)C(=O)O)C(CC(O)C(O)CO)C(N)=O)CC(=O)O)C(CC(O)C(O)CO)C(N)=O. The maximum absolute atomic E-state index is 12.3. The van der Waals surface area contributed by atoms with Crippen molar-refractivity contribution in [2.45, 2.75) is 56.3 Å². The molecule has 2 amide bonds. The van der Waals surface area contributed by atoms with E-state index in [0.29, 0.717) is 0 Å². The van der Waals surface area contributed by atoms with E-state index >= 15 is 0 Å². The molecule has 0 aromatic carbocycles. The normalized spacial score (nSPS) is 16.2. The summed E-state index contributed by atoms with van der Waals surface area (Å²) in [5.74, 6) is -8.81. The molecule has 0 spiro atoms. The van der Waals surface area contributed by atoms with Gasteiger partial charge >= 0.3 is 17.9 Å². The molecule has 0 aromatic heterocycles. The molecule has 0 aromatic rings. The number of nitrogens with zero attached hydrogens (tertiary/aromatic N) is 3. The number of likely N-dealkylation sites (N-methyl/N-ethyl adjacent to an activating group) is 1. The zero-order valence-electron chi connectivity index (χ0n) is 23.9. The van der Waals surface area contributed by atoms with Gasteiger partial charge in [0.2, 0.25) is 11.8 Å². The standard InChI is InChI=1S/C24H45N5O14/c1-2-28(14(21(25)38)7-16(32)18(34)11-30)5-3-27(10-20(36)37)4-6-29(9-13(23(40)41)24(42)43)15(22(26)39)8-17(33)19(35)12-31/h13-19,30-35H,2-12H2,1H3,(H2,25,38)(H2,26,39)(H,36,37)(H,40,41)(H,42,43). The average Bonchev–Trinajstić information content (AvgIpc) is 2.93. The highest BCUT2D eigenvalue weighted by Crippen LogP contribution is 2.15. The minimum atomic E-state index is -2.05. The molecule has 0 aliphatic carbocycles. The van der Waals surface area contributed by atoms with Gasteiger partial charge in [0.25, 0.3) is 0 Å². The highest BCUT2D eigenvalue weighted by Gasteiger charge is 2.36. The second kappa shape index (κ2) is 20.0. The first-order chi connectivity index (χ1) is 20.0. The lowest BCUT2D eigenvalue weighted by Gasteiger charge is -2.35. The summed E-state index contributed by atoms with van der Waals surface area (Å²) in [6.45, 7) is -1.83. The van der Waals surface area contributed by atoms with Crippen LogP contribution in [0, 0.1) is 5.92 Å². The Labute approximate surface area is 247 Å². The number of amides is 2. The number of aliphatic hydroxyl groups excluding tert-OH is 6. The predicted octanol–water partition coefficient (Wildman–Crippen LogP) is -6.30. The van der Waals surface area contributed by atoms with Crippen LogP contribution in [0.2, 0.25) is 0 Å². The second-order valence-corrected chi connectivity index (χ2v) is 9.96. The van der Waals surface area contributed by atoms with E-state index in [9.17, 15) is 59.7 Å². The number of carboxylic acid groups (broad SMARTS) is 3. The van der Waals surface area contributed by atoms with Crippen LogP contribution in [0.1, 0.15) is 19.8 Å². The Kier molecular flexibility index (Phi) is 18.6. The van der Waals surface area contributed by atoms with E-state index in [1.54, 1.807) is 6.92 Å². The van der Waals surface area contributed by atoms with Crippen LogP contribution in [0.4, 0.5) is 0 Å². The Balaban J connectivity index is 6.05. The molecule has 0 heterocycles. The molecule has 0 radical (unpaired) electrons. The lowest BCUT2D eigenvalue weighted by Crippen LogP contribution is -2.54. The third-order valence-corrected chi connectivity index (χ3v) is 6.92. The van der Waals surface area contributed by atoms with E-state index in [1.807, 2.05) is 0 Å². The van der Waals surface area contributed by atoms with E-state index in [2.05, 4.69) is 0 Å². The van der Waals surface area contributed by atoms with Gasteiger partial charge in [-0.15, -0.1) is 0 Å². The van der Waals surface area contributed by atoms with Crippen LogP contribution < -0.4 is 11.5 Å². The van der Waals surface area contributed by atoms with E-state index in [4.69, 9.17) is 21.7 Å². The van der Waals surface area contributed by atoms with Gasteiger partial charge in [-0.1, -0.05) is 6.92 Å². The smallest absolute Gasteiger partial charge is 0.319 e. The van der Waals surface area contributed by atoms with Crippen LogP contribution in [0.25, 0.3) is 0 Å². The van der Waals surface area contributed by atoms with Crippen LogP contribution >= 0.6 is 0 Å². The van der Waals surface area contributed by atoms with E-state index in [1.165, 1.54) is 9.80 Å². The zero-order valence-corrected chi connectivity index (χ0v) is 23.9. The first-order valence-electron chi connectivity index (χ1n) is 13.4. The van der Waals surface area contributed by atoms with Crippen molar-refractivity contribution >= 4 is 29.7 Å². The lowest BCUT2D eigenvalue weighted by molar-refractivity contribution is -0.156. The van der Waals surface area contributed by atoms with Gasteiger partial charge in [-0.2, -0.15) is 0 Å². The Bertz CT molecular complexity index is 898. The average molecular weight is 628 g/mol. The summed E-state index contributed by atoms with van der Waals surface area (Å²) in [4.78, 5) is 63.0. The van der Waals surface area contributed by atoms with Gasteiger partial charge in [-0.3, -0.25) is 38.7 Å². The zero-order chi connectivity index (χ0) is 33.4. The van der Waals surface area contributed by atoms with E-state index < -0.39 is 105 Å². The summed E-state index contributed by atoms with van der Waals surface area (Å²) in [6.07, 6.45) is -7.40. The molecule has 0 saturated carbocycles. The quantitative estimate of drug-likeness (QED) is 0.0419. The number of carboxylic acids is 3. The van der Waals surface area contributed by atoms with Crippen LogP contribution in [0.5, 0.6) is 0 Å². The Morgan fingerprint density at radius 2 is 1.05 bits per heavy atom. The summed E-state index contributed by atoms with van der Waals surface area (Å²) in [7, 11) is 0. The van der Waals surface area contributed by atoms with Crippen LogP contribution in [-0.2, 0) is 24.0 Å². The van der Waals surface area contributed by atoms with Crippen molar-refractivity contribution in [3.63, 3.8) is 0 Å². The summed E-state index contributed by atoms with van der Waals surface area (Å²) in [5, 5.41) is 86.0. The summed E-state index contributed by atoms with van der Waals surface area (Å²) in [5.41, 5.74) is 10.9. The number of primary amides is 2. The fourth-order valence-corrected chi connectivity index (χ4v) is 4.31. The fraction of sp³-hybridized carbons (Fsp3) is 0.792. The Morgan fingerprint density at radius 1 is 0.651 bits per heavy atom. The predicted molar refractivity (Wildman–Crippen MR) is 145 cm³/mol. The van der Waals surface area contributed by atoms with Crippen molar-refractivity contribution in [2.75, 3.05) is 59.0 Å². The molecular formula is C24H45N5O14. The number of nitrogens with two attached hydrogens (primary N) is 2. The fourth-order valence-electron chi connectivity index (χ4n) is 4.31. The molecule has 19 nitrogen and oxygen atoms in total. The van der Waals surface area contributed by atoms with E-state index in [0.717, 1.165) is 4.90 Å². The topological polar surface area (TPSA) is 329 Å². The third kappa shape index (κ3) is 14.3. The molecule has 13 N–H and O–H groups in total. The van der Waals surface area contributed by atoms with Gasteiger partial charge in [0.05, 0.1) is 44.1 Å². The maximum Gasteiger partial charge on any atom is 0.319 e. The monoisotopic (exact) mass is 627 g/mol. The molecule has 6 atom stereocenters. The van der Waals surface area contributed by atoms with Gasteiger partial charge in [0.1, 0.15) is 12.2 Å². The lowest BCUT2D eigenvalue weighted by atomic mass is 10.0. The Hall–Kier alpha value is -3.01. The van der Waals surface area contributed by atoms with Gasteiger partial charge in [-0.25, -0.2) is 0 Å². The summed E-state index contributed by atoms with van der Waals surface area (Å²) in [6, 6.07) is -2.65. The van der Waals surface area contributed by atoms with Crippen LogP contribution in [0.3, 0.4) is 0 Å². The van der Waals surface area contributed by atoms with Crippen molar-refractivity contribution in [1.29, 1.82) is 0 Å². The molecule has 19 heteroatoms. The molecule has 0 bridgehead atoms. The summed E-state index contributed by atoms with van der Waals surface area (Å²) < 4.78 is 0. The first kappa shape index (κ1) is 40.0. The van der Waals surface area contributed by atoms with Crippen molar-refractivity contribution in [2.24, 2.45) is 17.4 Å². The minimum absolute atomic E-state index is 0.00709. The number of aliphatic hydroxyl groups is 6. The van der Waals surface area contributed by atoms with Crippen LogP contribution in [-0.4, -0.2) is 186 Å². The number of carbonyl (C=O) groups excluding carboxylic acids is 2. The summed E-state index contributed by atoms with van der Waals surface area (Å²) >= 11 is 0. The van der Waals surface area contributed by atoms with Crippen molar-refractivity contribution in [1.82, 2.24) is 14.7 Å². The minimum Gasteiger partial charge on any atom is -0.481 e. The number of hydrogen-bond acceptors (Lipinski definition) is 14. The highest BCUT2D eigenvalue weighted by molar-refractivity contribution is 5.93. The van der Waals surface area contributed by atoms with Gasteiger partial charge < -0.3 is 57.4 Å². The number of hydrogen-bond donors (Lipinski definition) is 11. The van der Waals surface area contributed by atoms with Gasteiger partial charge in [-0.05, 0) is 6.54 Å². The second-order valence-electron chi connectivity index (χ2n) is 9.96. The van der Waals surface area contributed by atoms with Gasteiger partial charge in [0, 0.05) is 45.6 Å². The molecule has 43 heavy (non-hydrogen) atoms. The molecular weight excluding hydrogens is 582 g/mol. The van der Waals surface area contributed by atoms with Crippen LogP contribution in [0.15, 0.2) is 0 Å². The van der Waals surface area contributed by atoms with Crippen molar-refractivity contribution in [3.05, 3.63) is 0 Å². The number of carbonyl (C=O) groups is 5. The molecule has 0 aliphatic heterocycles. The molecule has 6 unspecified atom stereocenters. The first-order valence-corrected chi connectivity index (χ1v) is 13.4. The largest absolute Gasteiger partial charge is 0.481 e. The van der Waals surface area contributed by atoms with Crippen molar-refractivity contribution < 1.29 is 69.9 Å². The maximum atomic E-state index is 12.3. The highest BCUT2D eigenvalue weighted by atomic mass is 16.4. The molecule has 0 aliphatic rings. The third-order valence-electron chi connectivity index (χ3n) is 6.92.